The number of anilines is 1. The van der Waals surface area contributed by atoms with Crippen LogP contribution in [0.5, 0.6) is 0 Å². The molecule has 0 aliphatic carbocycles. The zero-order valence-electron chi connectivity index (χ0n) is 11.9. The third-order valence-electron chi connectivity index (χ3n) is 3.45. The third-order valence-corrected chi connectivity index (χ3v) is 3.75. The van der Waals surface area contributed by atoms with Crippen molar-refractivity contribution in [3.05, 3.63) is 28.8 Å². The molecule has 0 aromatic heterocycles. The van der Waals surface area contributed by atoms with Gasteiger partial charge in [0, 0.05) is 19.1 Å². The van der Waals surface area contributed by atoms with Crippen molar-refractivity contribution in [3.8, 4) is 0 Å². The maximum absolute atomic E-state index is 6.38. The summed E-state index contributed by atoms with van der Waals surface area (Å²) in [5.41, 5.74) is 8.07. The minimum atomic E-state index is 0.0289. The van der Waals surface area contributed by atoms with Gasteiger partial charge < -0.3 is 10.6 Å². The number of rotatable bonds is 6. The molecule has 1 aromatic carbocycles. The summed E-state index contributed by atoms with van der Waals surface area (Å²) in [6.45, 7) is 10.7. The first-order valence-electron chi connectivity index (χ1n) is 6.79. The summed E-state index contributed by atoms with van der Waals surface area (Å²) in [5.74, 6) is 0.675. The van der Waals surface area contributed by atoms with Crippen LogP contribution in [0.2, 0.25) is 5.02 Å². The second-order valence-corrected chi connectivity index (χ2v) is 5.46. The van der Waals surface area contributed by atoms with Crippen molar-refractivity contribution in [1.29, 1.82) is 0 Å². The first-order chi connectivity index (χ1) is 8.49. The fourth-order valence-electron chi connectivity index (χ4n) is 1.97. The monoisotopic (exact) mass is 268 g/mol. The summed E-state index contributed by atoms with van der Waals surface area (Å²) in [5, 5.41) is 0.801. The van der Waals surface area contributed by atoms with Crippen molar-refractivity contribution in [2.24, 2.45) is 11.7 Å². The highest BCUT2D eigenvalue weighted by Crippen LogP contribution is 2.29. The lowest BCUT2D eigenvalue weighted by Crippen LogP contribution is -2.28. The lowest BCUT2D eigenvalue weighted by atomic mass is 10.1. The second kappa shape index (κ2) is 7.01. The molecule has 0 aliphatic heterocycles. The highest BCUT2D eigenvalue weighted by atomic mass is 35.5. The molecule has 0 bridgehead atoms. The van der Waals surface area contributed by atoms with Crippen LogP contribution in [0.4, 0.5) is 5.69 Å². The number of benzene rings is 1. The molecule has 1 unspecified atom stereocenters. The van der Waals surface area contributed by atoms with Crippen LogP contribution in [-0.2, 0) is 0 Å². The summed E-state index contributed by atoms with van der Waals surface area (Å²) in [6.07, 6.45) is 1.19. The van der Waals surface area contributed by atoms with Gasteiger partial charge in [-0.15, -0.1) is 0 Å². The average molecular weight is 269 g/mol. The summed E-state index contributed by atoms with van der Waals surface area (Å²) in [6, 6.07) is 6.18. The van der Waals surface area contributed by atoms with Crippen LogP contribution in [0, 0.1) is 5.92 Å². The van der Waals surface area contributed by atoms with Gasteiger partial charge in [0.05, 0.1) is 10.7 Å². The van der Waals surface area contributed by atoms with E-state index in [1.807, 2.05) is 13.0 Å². The Morgan fingerprint density at radius 3 is 2.39 bits per heavy atom. The second-order valence-electron chi connectivity index (χ2n) is 5.05. The molecule has 0 amide bonds. The third kappa shape index (κ3) is 3.89. The van der Waals surface area contributed by atoms with Crippen molar-refractivity contribution >= 4 is 17.3 Å². The van der Waals surface area contributed by atoms with Crippen molar-refractivity contribution in [2.45, 2.75) is 40.2 Å². The Bertz CT molecular complexity index is 377. The van der Waals surface area contributed by atoms with E-state index < -0.39 is 0 Å². The van der Waals surface area contributed by atoms with Gasteiger partial charge in [-0.25, -0.2) is 0 Å². The molecule has 18 heavy (non-hydrogen) atoms. The van der Waals surface area contributed by atoms with E-state index in [9.17, 15) is 0 Å². The van der Waals surface area contributed by atoms with Gasteiger partial charge in [-0.1, -0.05) is 37.9 Å². The largest absolute Gasteiger partial charge is 0.370 e. The topological polar surface area (TPSA) is 29.3 Å². The van der Waals surface area contributed by atoms with Crippen LogP contribution in [0.15, 0.2) is 18.2 Å². The van der Waals surface area contributed by atoms with E-state index in [-0.39, 0.29) is 6.04 Å². The van der Waals surface area contributed by atoms with Gasteiger partial charge in [0.2, 0.25) is 0 Å². The van der Waals surface area contributed by atoms with Gasteiger partial charge >= 0.3 is 0 Å². The van der Waals surface area contributed by atoms with E-state index in [4.69, 9.17) is 17.3 Å². The number of nitrogens with two attached hydrogens (primary N) is 1. The number of hydrogen-bond donors (Lipinski definition) is 1. The molecule has 1 rings (SSSR count). The fraction of sp³-hybridized carbons (Fsp3) is 0.600. The van der Waals surface area contributed by atoms with Crippen molar-refractivity contribution in [3.63, 3.8) is 0 Å². The summed E-state index contributed by atoms with van der Waals surface area (Å²) in [4.78, 5) is 2.33. The van der Waals surface area contributed by atoms with Crippen LogP contribution in [0.1, 0.15) is 45.7 Å². The molecule has 2 atom stereocenters. The molecule has 0 spiro atoms. The van der Waals surface area contributed by atoms with Crippen molar-refractivity contribution < 1.29 is 0 Å². The highest BCUT2D eigenvalue weighted by Gasteiger charge is 2.12. The Morgan fingerprint density at radius 1 is 1.28 bits per heavy atom. The van der Waals surface area contributed by atoms with Crippen molar-refractivity contribution in [2.75, 3.05) is 18.0 Å². The first kappa shape index (κ1) is 15.3. The quantitative estimate of drug-likeness (QED) is 0.836. The molecule has 3 heteroatoms. The Kier molecular flexibility index (Phi) is 5.97. The maximum atomic E-state index is 6.38. The molecule has 0 radical (unpaired) electrons. The molecule has 102 valence electrons. The van der Waals surface area contributed by atoms with E-state index in [2.05, 4.69) is 37.8 Å². The average Bonchev–Trinajstić information content (AvgIpc) is 2.35. The lowest BCUT2D eigenvalue weighted by Gasteiger charge is -2.27. The molecule has 0 saturated heterocycles. The van der Waals surface area contributed by atoms with E-state index in [1.54, 1.807) is 0 Å². The Morgan fingerprint density at radius 2 is 1.94 bits per heavy atom. The smallest absolute Gasteiger partial charge is 0.0642 e. The fourth-order valence-corrected chi connectivity index (χ4v) is 2.27. The van der Waals surface area contributed by atoms with Gasteiger partial charge in [-0.3, -0.25) is 0 Å². The molecule has 2 nitrogen and oxygen atoms in total. The van der Waals surface area contributed by atoms with E-state index >= 15 is 0 Å². The summed E-state index contributed by atoms with van der Waals surface area (Å²) in [7, 11) is 0. The van der Waals surface area contributed by atoms with E-state index in [0.717, 1.165) is 29.4 Å². The van der Waals surface area contributed by atoms with Crippen molar-refractivity contribution in [1.82, 2.24) is 0 Å². The van der Waals surface area contributed by atoms with Crippen LogP contribution < -0.4 is 10.6 Å². The molecule has 2 N–H and O–H groups in total. The zero-order chi connectivity index (χ0) is 13.7. The number of hydrogen-bond acceptors (Lipinski definition) is 2. The molecule has 0 saturated carbocycles. The molecule has 0 aliphatic rings. The zero-order valence-corrected chi connectivity index (χ0v) is 12.7. The molecular formula is C15H25ClN2. The van der Waals surface area contributed by atoms with Crippen LogP contribution in [0.25, 0.3) is 0 Å². The van der Waals surface area contributed by atoms with Crippen LogP contribution in [-0.4, -0.2) is 13.1 Å². The Hall–Kier alpha value is -0.730. The predicted octanol–water partition coefficient (Wildman–Crippen LogP) is 4.23. The maximum Gasteiger partial charge on any atom is 0.0642 e. The molecule has 0 fully saturated rings. The van der Waals surface area contributed by atoms with Gasteiger partial charge in [0.1, 0.15) is 0 Å². The van der Waals surface area contributed by atoms with Gasteiger partial charge in [-0.05, 0) is 37.5 Å². The summed E-state index contributed by atoms with van der Waals surface area (Å²) < 4.78 is 0. The van der Waals surface area contributed by atoms with Crippen LogP contribution >= 0.6 is 11.6 Å². The lowest BCUT2D eigenvalue weighted by molar-refractivity contribution is 0.548. The van der Waals surface area contributed by atoms with Gasteiger partial charge in [0.15, 0.2) is 0 Å². The standard InChI is InChI=1S/C15H25ClN2/c1-5-11(3)10-18(6-2)15-8-7-13(12(4)17)9-14(15)16/h7-9,11-12H,5-6,10,17H2,1-4H3/t11?,12-/m0/s1. The SMILES string of the molecule is CCC(C)CN(CC)c1ccc([C@H](C)N)cc1Cl. The van der Waals surface area contributed by atoms with E-state index in [0.29, 0.717) is 5.92 Å². The molecule has 0 heterocycles. The number of halogens is 1. The minimum absolute atomic E-state index is 0.0289. The normalized spacial score (nSPS) is 14.3. The number of nitrogens with zero attached hydrogens (tertiary/aromatic N) is 1. The Balaban J connectivity index is 2.93. The first-order valence-corrected chi connectivity index (χ1v) is 7.17. The Labute approximate surface area is 116 Å². The minimum Gasteiger partial charge on any atom is -0.370 e. The molecule has 1 aromatic rings. The van der Waals surface area contributed by atoms with Crippen LogP contribution in [0.3, 0.4) is 0 Å². The molecular weight excluding hydrogens is 244 g/mol. The highest BCUT2D eigenvalue weighted by molar-refractivity contribution is 6.33. The summed E-state index contributed by atoms with van der Waals surface area (Å²) >= 11 is 6.38. The predicted molar refractivity (Wildman–Crippen MR) is 81.4 cm³/mol. The van der Waals surface area contributed by atoms with E-state index in [1.165, 1.54) is 6.42 Å². The van der Waals surface area contributed by atoms with Gasteiger partial charge in [0.25, 0.3) is 0 Å². The van der Waals surface area contributed by atoms with Gasteiger partial charge in [-0.2, -0.15) is 0 Å².